The number of carbonyl (C=O) groups is 2. The minimum Gasteiger partial charge on any atom is -0.475 e. The number of anilines is 4. The first-order chi connectivity index (χ1) is 19.8. The van der Waals surface area contributed by atoms with Crippen molar-refractivity contribution in [3.63, 3.8) is 0 Å². The van der Waals surface area contributed by atoms with Crippen LogP contribution in [0.3, 0.4) is 0 Å². The molecule has 5 rings (SSSR count). The molecular formula is C27H27Cl2F3N6O3S. The van der Waals surface area contributed by atoms with Gasteiger partial charge in [-0.05, 0) is 63.3 Å². The normalized spacial score (nSPS) is 15.7. The molecule has 15 heteroatoms. The van der Waals surface area contributed by atoms with Crippen LogP contribution < -0.4 is 15.1 Å². The van der Waals surface area contributed by atoms with Gasteiger partial charge in [0.1, 0.15) is 5.03 Å². The lowest BCUT2D eigenvalue weighted by Gasteiger charge is -2.36. The van der Waals surface area contributed by atoms with E-state index in [9.17, 15) is 18.0 Å². The van der Waals surface area contributed by atoms with E-state index in [-0.39, 0.29) is 5.91 Å². The average Bonchev–Trinajstić information content (AvgIpc) is 2.94. The summed E-state index contributed by atoms with van der Waals surface area (Å²) in [6.45, 7) is 2.12. The van der Waals surface area contributed by atoms with Crippen LogP contribution in [0.2, 0.25) is 10.0 Å². The Labute approximate surface area is 254 Å². The van der Waals surface area contributed by atoms with Gasteiger partial charge in [-0.2, -0.15) is 13.2 Å². The lowest BCUT2D eigenvalue weighted by molar-refractivity contribution is -0.192. The van der Waals surface area contributed by atoms with Gasteiger partial charge in [0.25, 0.3) is 5.91 Å². The third kappa shape index (κ3) is 7.57. The maximum Gasteiger partial charge on any atom is 0.490 e. The lowest BCUT2D eigenvalue weighted by atomic mass is 10.0. The summed E-state index contributed by atoms with van der Waals surface area (Å²) in [5, 5.41) is 11.9. The molecule has 224 valence electrons. The molecule has 0 spiro atoms. The van der Waals surface area contributed by atoms with Gasteiger partial charge in [0, 0.05) is 36.7 Å². The second-order valence-electron chi connectivity index (χ2n) is 9.65. The monoisotopic (exact) mass is 642 g/mol. The van der Waals surface area contributed by atoms with Crippen LogP contribution in [0.4, 0.5) is 36.2 Å². The van der Waals surface area contributed by atoms with Gasteiger partial charge in [0.2, 0.25) is 5.95 Å². The van der Waals surface area contributed by atoms with Crippen LogP contribution in [0.5, 0.6) is 0 Å². The first-order valence-corrected chi connectivity index (χ1v) is 14.4. The average molecular weight is 644 g/mol. The number of nitrogens with one attached hydrogen (secondary N) is 1. The summed E-state index contributed by atoms with van der Waals surface area (Å²) in [4.78, 5) is 37.3. The van der Waals surface area contributed by atoms with Crippen molar-refractivity contribution in [3.8, 4) is 0 Å². The molecule has 9 nitrogen and oxygen atoms in total. The van der Waals surface area contributed by atoms with Crippen LogP contribution in [0.25, 0.3) is 0 Å². The Hall–Kier alpha value is -3.26. The number of aliphatic carboxylic acids is 1. The Kier molecular flexibility index (Phi) is 10.1. The van der Waals surface area contributed by atoms with Crippen LogP contribution in [0, 0.1) is 0 Å². The van der Waals surface area contributed by atoms with Crippen molar-refractivity contribution in [1.29, 1.82) is 0 Å². The number of halogens is 5. The number of amides is 1. The molecule has 0 unspecified atom stereocenters. The molecule has 1 aromatic heterocycles. The molecule has 1 amide bonds. The highest BCUT2D eigenvalue weighted by Crippen LogP contribution is 2.39. The Morgan fingerprint density at radius 1 is 1.10 bits per heavy atom. The Balaban J connectivity index is 0.000000517. The van der Waals surface area contributed by atoms with Crippen molar-refractivity contribution in [1.82, 2.24) is 14.9 Å². The Bertz CT molecular complexity index is 1420. The number of carboxylic acids is 1. The molecule has 2 aliphatic rings. The third-order valence-electron chi connectivity index (χ3n) is 6.69. The van der Waals surface area contributed by atoms with E-state index in [4.69, 9.17) is 33.1 Å². The number of hydrogen-bond acceptors (Lipinski definition) is 8. The molecule has 0 aliphatic carbocycles. The summed E-state index contributed by atoms with van der Waals surface area (Å²) in [6, 6.07) is 14.2. The zero-order valence-corrected chi connectivity index (χ0v) is 24.9. The van der Waals surface area contributed by atoms with Crippen molar-refractivity contribution in [2.75, 3.05) is 48.2 Å². The van der Waals surface area contributed by atoms with Gasteiger partial charge in [0.05, 0.1) is 27.2 Å². The number of rotatable bonds is 5. The molecule has 1 fully saturated rings. The smallest absolute Gasteiger partial charge is 0.475 e. The van der Waals surface area contributed by atoms with E-state index in [0.717, 1.165) is 18.8 Å². The minimum absolute atomic E-state index is 0.220. The van der Waals surface area contributed by atoms with E-state index < -0.39 is 12.1 Å². The zero-order valence-electron chi connectivity index (χ0n) is 22.5. The van der Waals surface area contributed by atoms with E-state index in [2.05, 4.69) is 51.3 Å². The highest BCUT2D eigenvalue weighted by Gasteiger charge is 2.38. The molecule has 1 saturated heterocycles. The number of benzene rings is 2. The number of para-hydroxylation sites is 1. The van der Waals surface area contributed by atoms with Gasteiger partial charge in [-0.1, -0.05) is 41.0 Å². The maximum absolute atomic E-state index is 13.1. The molecular weight excluding hydrogens is 616 g/mol. The Morgan fingerprint density at radius 2 is 1.69 bits per heavy atom. The van der Waals surface area contributed by atoms with Crippen molar-refractivity contribution in [2.45, 2.75) is 30.1 Å². The van der Waals surface area contributed by atoms with Gasteiger partial charge < -0.3 is 20.2 Å². The van der Waals surface area contributed by atoms with Gasteiger partial charge in [-0.3, -0.25) is 9.69 Å². The summed E-state index contributed by atoms with van der Waals surface area (Å²) in [6.07, 6.45) is -1.18. The first-order valence-electron chi connectivity index (χ1n) is 12.7. The zero-order chi connectivity index (χ0) is 30.6. The molecule has 2 N–H and O–H groups in total. The van der Waals surface area contributed by atoms with Gasteiger partial charge in [-0.25, -0.2) is 14.8 Å². The summed E-state index contributed by atoms with van der Waals surface area (Å²) in [5.41, 5.74) is 3.05. The quantitative estimate of drug-likeness (QED) is 0.306. The molecule has 42 heavy (non-hydrogen) atoms. The second kappa shape index (κ2) is 13.4. The fraction of sp³-hybridized carbons (Fsp3) is 0.333. The number of carboxylic acid groups (broad SMARTS) is 1. The van der Waals surface area contributed by atoms with Crippen LogP contribution in [0.15, 0.2) is 53.7 Å². The first kappa shape index (κ1) is 31.7. The molecule has 0 saturated carbocycles. The number of alkyl halides is 3. The van der Waals surface area contributed by atoms with E-state index >= 15 is 0 Å². The fourth-order valence-corrected chi connectivity index (χ4v) is 6.00. The number of aromatic nitrogens is 2. The van der Waals surface area contributed by atoms with Crippen LogP contribution in [0.1, 0.15) is 23.2 Å². The summed E-state index contributed by atoms with van der Waals surface area (Å²) in [7, 11) is 4.31. The molecule has 3 heterocycles. The number of piperidine rings is 1. The van der Waals surface area contributed by atoms with Gasteiger partial charge in [0.15, 0.2) is 0 Å². The highest BCUT2D eigenvalue weighted by molar-refractivity contribution is 7.99. The molecule has 0 radical (unpaired) electrons. The topological polar surface area (TPSA) is 102 Å². The molecule has 2 aromatic carbocycles. The molecule has 3 aromatic rings. The van der Waals surface area contributed by atoms with Crippen LogP contribution >= 0.6 is 35.0 Å². The molecule has 0 atom stereocenters. The summed E-state index contributed by atoms with van der Waals surface area (Å²) in [5.74, 6) is -2.16. The van der Waals surface area contributed by atoms with Crippen molar-refractivity contribution < 1.29 is 27.9 Å². The maximum atomic E-state index is 13.1. The lowest BCUT2D eigenvalue weighted by Crippen LogP contribution is -2.41. The number of hydrogen-bond donors (Lipinski definition) is 2. The van der Waals surface area contributed by atoms with Crippen LogP contribution in [-0.2, 0) is 4.79 Å². The van der Waals surface area contributed by atoms with E-state index in [1.165, 1.54) is 30.3 Å². The highest BCUT2D eigenvalue weighted by atomic mass is 35.5. The number of fused-ring (bicyclic) bond motifs is 1. The van der Waals surface area contributed by atoms with Crippen LogP contribution in [-0.4, -0.2) is 77.1 Å². The van der Waals surface area contributed by atoms with Gasteiger partial charge in [-0.15, -0.1) is 0 Å². The van der Waals surface area contributed by atoms with E-state index in [0.29, 0.717) is 44.2 Å². The third-order valence-corrected chi connectivity index (χ3v) is 8.27. The predicted octanol–water partition coefficient (Wildman–Crippen LogP) is 6.40. The summed E-state index contributed by atoms with van der Waals surface area (Å²) >= 11 is 14.1. The SMILES string of the molecule is CN(C)C1CCN(c2ccc(Nc3ncc4c(n3)SCN(c3c(Cl)cccc3Cl)C4=O)cc2)CC1.O=C(O)C(F)(F)F. The van der Waals surface area contributed by atoms with Crippen molar-refractivity contribution in [3.05, 3.63) is 64.3 Å². The number of thioether (sulfide) groups is 1. The predicted molar refractivity (Wildman–Crippen MR) is 158 cm³/mol. The van der Waals surface area contributed by atoms with Crippen molar-refractivity contribution in [2.24, 2.45) is 0 Å². The second-order valence-corrected chi connectivity index (χ2v) is 11.4. The number of nitrogens with zero attached hydrogens (tertiary/aromatic N) is 5. The number of carbonyl (C=O) groups excluding carboxylic acids is 1. The molecule has 0 bridgehead atoms. The standard InChI is InChI=1S/C25H26Cl2N6OS.C2HF3O2/c1-31(2)17-10-12-32(13-11-17)18-8-6-16(7-9-18)29-25-28-14-19-23(30-25)35-15-33(24(19)34)22-20(26)4-3-5-21(22)27;3-2(4,5)1(6)7/h3-9,14,17H,10-13,15H2,1-2H3,(H,28,29,30);(H,6,7). The van der Waals surface area contributed by atoms with E-state index in [1.54, 1.807) is 29.3 Å². The van der Waals surface area contributed by atoms with Gasteiger partial charge >= 0.3 is 12.1 Å². The molecule has 2 aliphatic heterocycles. The Morgan fingerprint density at radius 3 is 2.24 bits per heavy atom. The summed E-state index contributed by atoms with van der Waals surface area (Å²) < 4.78 is 31.7. The fourth-order valence-electron chi connectivity index (χ4n) is 4.45. The van der Waals surface area contributed by atoms with E-state index in [1.807, 2.05) is 12.1 Å². The van der Waals surface area contributed by atoms with Crippen molar-refractivity contribution >= 4 is 69.9 Å². The largest absolute Gasteiger partial charge is 0.490 e. The minimum atomic E-state index is -5.08.